The molecule has 0 radical (unpaired) electrons. The smallest absolute Gasteiger partial charge is 0.272 e. The number of hydrogen-bond acceptors (Lipinski definition) is 4. The highest BCUT2D eigenvalue weighted by Crippen LogP contribution is 2.27. The zero-order chi connectivity index (χ0) is 13.9. The Bertz CT molecular complexity index is 560. The van der Waals surface area contributed by atoms with Crippen molar-refractivity contribution in [1.29, 1.82) is 0 Å². The van der Waals surface area contributed by atoms with E-state index in [2.05, 4.69) is 22.4 Å². The van der Waals surface area contributed by atoms with Crippen molar-refractivity contribution in [2.45, 2.75) is 45.1 Å². The van der Waals surface area contributed by atoms with Crippen LogP contribution in [0.25, 0.3) is 11.3 Å². The van der Waals surface area contributed by atoms with Crippen LogP contribution < -0.4 is 5.32 Å². The summed E-state index contributed by atoms with van der Waals surface area (Å²) < 4.78 is 5.10. The Balaban J connectivity index is 1.70. The van der Waals surface area contributed by atoms with Crippen molar-refractivity contribution in [1.82, 2.24) is 15.5 Å². The number of rotatable bonds is 3. The Kier molecular flexibility index (Phi) is 3.67. The Morgan fingerprint density at radius 1 is 1.35 bits per heavy atom. The van der Waals surface area contributed by atoms with Gasteiger partial charge in [-0.05, 0) is 25.7 Å². The van der Waals surface area contributed by atoms with Crippen LogP contribution >= 0.6 is 0 Å². The van der Waals surface area contributed by atoms with E-state index in [1.165, 1.54) is 44.6 Å². The molecule has 0 aromatic carbocycles. The molecule has 1 fully saturated rings. The molecule has 1 amide bonds. The third kappa shape index (κ3) is 2.53. The Morgan fingerprint density at radius 3 is 2.95 bits per heavy atom. The zero-order valence-electron chi connectivity index (χ0n) is 11.6. The summed E-state index contributed by atoms with van der Waals surface area (Å²) in [6.45, 7) is 2.08. The van der Waals surface area contributed by atoms with Gasteiger partial charge in [0.2, 0.25) is 0 Å². The molecule has 0 aromatic heterocycles. The monoisotopic (exact) mass is 273 g/mol. The largest absolute Gasteiger partial charge is 0.472 e. The van der Waals surface area contributed by atoms with Gasteiger partial charge in [0, 0.05) is 12.1 Å². The lowest BCUT2D eigenvalue weighted by Gasteiger charge is -2.28. The van der Waals surface area contributed by atoms with Crippen molar-refractivity contribution in [3.63, 3.8) is 0 Å². The van der Waals surface area contributed by atoms with Crippen LogP contribution in [-0.2, 0) is 0 Å². The van der Waals surface area contributed by atoms with Gasteiger partial charge in [0.1, 0.15) is 12.0 Å². The van der Waals surface area contributed by atoms with Gasteiger partial charge in [-0.1, -0.05) is 19.3 Å². The minimum Gasteiger partial charge on any atom is -0.472 e. The van der Waals surface area contributed by atoms with Crippen LogP contribution in [0, 0.1) is 5.92 Å². The summed E-state index contributed by atoms with van der Waals surface area (Å²) in [7, 11) is 0. The van der Waals surface area contributed by atoms with Gasteiger partial charge in [-0.3, -0.25) is 4.79 Å². The highest BCUT2D eigenvalue weighted by molar-refractivity contribution is 5.98. The highest BCUT2D eigenvalue weighted by atomic mass is 16.3. The molecule has 2 heterocycles. The van der Waals surface area contributed by atoms with E-state index >= 15 is 0 Å². The fraction of sp³-hybridized carbons (Fsp3) is 0.533. The van der Waals surface area contributed by atoms with Crippen molar-refractivity contribution >= 4 is 5.91 Å². The maximum Gasteiger partial charge on any atom is 0.272 e. The SMILES string of the molecule is C[C@H](NC(=O)c1nnc2ccocc1-2)C1CCCCC1. The lowest BCUT2D eigenvalue weighted by atomic mass is 9.84. The molecular formula is C15H19N3O2. The molecule has 3 rings (SSSR count). The van der Waals surface area contributed by atoms with Crippen LogP contribution in [0.3, 0.4) is 0 Å². The molecule has 1 saturated carbocycles. The minimum atomic E-state index is -0.160. The van der Waals surface area contributed by atoms with E-state index in [4.69, 9.17) is 4.42 Å². The first-order chi connectivity index (χ1) is 9.75. The third-order valence-corrected chi connectivity index (χ3v) is 4.21. The van der Waals surface area contributed by atoms with E-state index in [9.17, 15) is 4.79 Å². The Morgan fingerprint density at radius 2 is 2.15 bits per heavy atom. The minimum absolute atomic E-state index is 0.160. The molecular weight excluding hydrogens is 254 g/mol. The molecule has 1 N–H and O–H groups in total. The standard InChI is InChI=1S/C15H19N3O2/c1-10(11-5-3-2-4-6-11)16-15(19)14-12-9-20-8-7-13(12)17-18-14/h7-11H,2-6H2,1H3,(H,16,19)/t10-/m0/s1. The Hall–Kier alpha value is -1.91. The van der Waals surface area contributed by atoms with Crippen molar-refractivity contribution in [2.24, 2.45) is 5.92 Å². The second-order valence-electron chi connectivity index (χ2n) is 5.56. The maximum atomic E-state index is 12.3. The number of nitrogens with one attached hydrogen (secondary N) is 1. The molecule has 2 aliphatic heterocycles. The number of carbonyl (C=O) groups excluding carboxylic acids is 1. The molecule has 0 aromatic rings. The number of amides is 1. The van der Waals surface area contributed by atoms with Gasteiger partial charge < -0.3 is 9.73 Å². The maximum absolute atomic E-state index is 12.3. The molecule has 20 heavy (non-hydrogen) atoms. The first kappa shape index (κ1) is 13.1. The molecule has 3 aliphatic rings. The summed E-state index contributed by atoms with van der Waals surface area (Å²) in [6, 6.07) is 1.89. The van der Waals surface area contributed by atoms with Crippen LogP contribution in [0.4, 0.5) is 0 Å². The van der Waals surface area contributed by atoms with Gasteiger partial charge in [-0.2, -0.15) is 0 Å². The van der Waals surface area contributed by atoms with E-state index in [0.717, 1.165) is 0 Å². The molecule has 106 valence electrons. The van der Waals surface area contributed by atoms with Crippen LogP contribution in [0.2, 0.25) is 0 Å². The summed E-state index contributed by atoms with van der Waals surface area (Å²) >= 11 is 0. The molecule has 5 nitrogen and oxygen atoms in total. The third-order valence-electron chi connectivity index (χ3n) is 4.21. The molecule has 0 saturated heterocycles. The van der Waals surface area contributed by atoms with E-state index in [1.807, 2.05) is 0 Å². The first-order valence-corrected chi connectivity index (χ1v) is 7.25. The van der Waals surface area contributed by atoms with Crippen molar-refractivity contribution in [3.05, 3.63) is 24.3 Å². The lowest BCUT2D eigenvalue weighted by molar-refractivity contribution is 0.0915. The number of carbonyl (C=O) groups is 1. The molecule has 1 aliphatic carbocycles. The van der Waals surface area contributed by atoms with Gasteiger partial charge in [0.15, 0.2) is 5.69 Å². The van der Waals surface area contributed by atoms with Crippen LogP contribution in [0.1, 0.15) is 49.5 Å². The van der Waals surface area contributed by atoms with Crippen LogP contribution in [-0.4, -0.2) is 22.1 Å². The summed E-state index contributed by atoms with van der Waals surface area (Å²) in [5, 5.41) is 11.0. The first-order valence-electron chi connectivity index (χ1n) is 7.25. The van der Waals surface area contributed by atoms with E-state index in [0.29, 0.717) is 22.9 Å². The summed E-state index contributed by atoms with van der Waals surface area (Å²) in [6.07, 6.45) is 9.30. The van der Waals surface area contributed by atoms with Gasteiger partial charge >= 0.3 is 0 Å². The van der Waals surface area contributed by atoms with E-state index in [-0.39, 0.29) is 11.9 Å². The summed E-state index contributed by atoms with van der Waals surface area (Å²) in [5.41, 5.74) is 1.71. The number of aromatic nitrogens is 2. The summed E-state index contributed by atoms with van der Waals surface area (Å²) in [4.78, 5) is 12.3. The fourth-order valence-corrected chi connectivity index (χ4v) is 2.98. The Labute approximate surface area is 118 Å². The quantitative estimate of drug-likeness (QED) is 0.933. The predicted octanol–water partition coefficient (Wildman–Crippen LogP) is 2.87. The molecule has 5 heteroatoms. The van der Waals surface area contributed by atoms with Gasteiger partial charge in [-0.15, -0.1) is 10.2 Å². The average Bonchev–Trinajstić information content (AvgIpc) is 2.92. The average molecular weight is 273 g/mol. The van der Waals surface area contributed by atoms with Crippen molar-refractivity contribution < 1.29 is 9.21 Å². The van der Waals surface area contributed by atoms with Gasteiger partial charge in [0.05, 0.1) is 11.8 Å². The zero-order valence-corrected chi connectivity index (χ0v) is 11.6. The molecule has 1 atom stereocenters. The van der Waals surface area contributed by atoms with Gasteiger partial charge in [-0.25, -0.2) is 0 Å². The topological polar surface area (TPSA) is 68.0 Å². The highest BCUT2D eigenvalue weighted by Gasteiger charge is 2.25. The number of hydrogen-bond donors (Lipinski definition) is 1. The number of nitrogens with zero attached hydrogens (tertiary/aromatic N) is 2. The van der Waals surface area contributed by atoms with E-state index in [1.54, 1.807) is 6.07 Å². The van der Waals surface area contributed by atoms with E-state index < -0.39 is 0 Å². The predicted molar refractivity (Wildman–Crippen MR) is 74.4 cm³/mol. The fourth-order valence-electron chi connectivity index (χ4n) is 2.98. The second kappa shape index (κ2) is 5.61. The molecule has 0 unspecified atom stereocenters. The van der Waals surface area contributed by atoms with Crippen LogP contribution in [0.5, 0.6) is 0 Å². The van der Waals surface area contributed by atoms with Crippen molar-refractivity contribution in [3.8, 4) is 11.3 Å². The van der Waals surface area contributed by atoms with Crippen molar-refractivity contribution in [2.75, 3.05) is 0 Å². The number of fused-ring (bicyclic) bond motifs is 1. The molecule has 0 spiro atoms. The lowest BCUT2D eigenvalue weighted by Crippen LogP contribution is -2.39. The second-order valence-corrected chi connectivity index (χ2v) is 5.56. The normalized spacial score (nSPS) is 18.1. The molecule has 0 bridgehead atoms. The summed E-state index contributed by atoms with van der Waals surface area (Å²) in [5.74, 6) is 0.415. The van der Waals surface area contributed by atoms with Gasteiger partial charge in [0.25, 0.3) is 5.91 Å². The van der Waals surface area contributed by atoms with Crippen LogP contribution in [0.15, 0.2) is 23.0 Å².